The maximum Gasteiger partial charge on any atom is 0.219 e. The van der Waals surface area contributed by atoms with Crippen LogP contribution in [0.5, 0.6) is 5.75 Å². The Morgan fingerprint density at radius 2 is 1.84 bits per heavy atom. The van der Waals surface area contributed by atoms with Crippen LogP contribution >= 0.6 is 0 Å². The van der Waals surface area contributed by atoms with E-state index in [1.807, 2.05) is 19.1 Å². The Labute approximate surface area is 192 Å². The minimum absolute atomic E-state index is 0.160. The molecule has 0 spiro atoms. The number of imidazole rings is 1. The van der Waals surface area contributed by atoms with Crippen LogP contribution in [0, 0.1) is 0 Å². The number of hydrogen-bond donors (Lipinski definition) is 1. The lowest BCUT2D eigenvalue weighted by atomic mass is 10.0. The molecular formula is C27H37N3O2. The molecule has 5 heteroatoms. The van der Waals surface area contributed by atoms with E-state index < -0.39 is 0 Å². The van der Waals surface area contributed by atoms with E-state index in [-0.39, 0.29) is 5.91 Å². The third-order valence-corrected chi connectivity index (χ3v) is 5.72. The van der Waals surface area contributed by atoms with Crippen LogP contribution < -0.4 is 10.1 Å². The molecule has 1 amide bonds. The second-order valence-electron chi connectivity index (χ2n) is 8.62. The van der Waals surface area contributed by atoms with Crippen molar-refractivity contribution in [1.29, 1.82) is 0 Å². The predicted octanol–water partition coefficient (Wildman–Crippen LogP) is 5.87. The van der Waals surface area contributed by atoms with E-state index in [1.54, 1.807) is 0 Å². The Hall–Kier alpha value is -2.82. The standard InChI is InChI=1S/C27H37N3O2/c1-4-12-27(31)28-18-11-5-6-17-26-29-23-14-8-9-15-24(23)30(26)19-20-32-25-16-10-7-13-22(25)21(2)3/h7-10,13-16,21H,4-6,11-12,17-20H2,1-3H3,(H,28,31). The van der Waals surface area contributed by atoms with Crippen LogP contribution in [0.2, 0.25) is 0 Å². The van der Waals surface area contributed by atoms with Crippen molar-refractivity contribution in [2.45, 2.75) is 71.8 Å². The molecule has 1 aromatic heterocycles. The molecule has 0 atom stereocenters. The highest BCUT2D eigenvalue weighted by atomic mass is 16.5. The molecule has 0 radical (unpaired) electrons. The summed E-state index contributed by atoms with van der Waals surface area (Å²) in [6, 6.07) is 16.6. The van der Waals surface area contributed by atoms with Crippen LogP contribution in [0.15, 0.2) is 48.5 Å². The van der Waals surface area contributed by atoms with Gasteiger partial charge in [-0.1, -0.05) is 57.5 Å². The molecular weight excluding hydrogens is 398 g/mol. The van der Waals surface area contributed by atoms with Crippen LogP contribution in [0.3, 0.4) is 0 Å². The van der Waals surface area contributed by atoms with Gasteiger partial charge >= 0.3 is 0 Å². The number of unbranched alkanes of at least 4 members (excludes halogenated alkanes) is 2. The Morgan fingerprint density at radius 3 is 2.66 bits per heavy atom. The van der Waals surface area contributed by atoms with Crippen molar-refractivity contribution >= 4 is 16.9 Å². The molecule has 0 bridgehead atoms. The van der Waals surface area contributed by atoms with Crippen LogP contribution in [0.25, 0.3) is 11.0 Å². The fourth-order valence-corrected chi connectivity index (χ4v) is 4.03. The van der Waals surface area contributed by atoms with Crippen molar-refractivity contribution in [2.24, 2.45) is 0 Å². The molecule has 0 saturated carbocycles. The average Bonchev–Trinajstić information content (AvgIpc) is 3.14. The number of aromatic nitrogens is 2. The molecule has 0 aliphatic rings. The maximum atomic E-state index is 11.6. The number of amides is 1. The highest BCUT2D eigenvalue weighted by Crippen LogP contribution is 2.26. The van der Waals surface area contributed by atoms with Gasteiger partial charge in [0, 0.05) is 19.4 Å². The molecule has 3 rings (SSSR count). The molecule has 0 aliphatic heterocycles. The average molecular weight is 436 g/mol. The van der Waals surface area contributed by atoms with Gasteiger partial charge in [-0.25, -0.2) is 4.98 Å². The second kappa shape index (κ2) is 12.3. The molecule has 0 fully saturated rings. The van der Waals surface area contributed by atoms with Gasteiger partial charge in [-0.05, 0) is 48.9 Å². The molecule has 0 aliphatic carbocycles. The molecule has 3 aromatic rings. The zero-order chi connectivity index (χ0) is 22.8. The lowest BCUT2D eigenvalue weighted by molar-refractivity contribution is -0.121. The summed E-state index contributed by atoms with van der Waals surface area (Å²) in [6.45, 7) is 8.56. The first-order valence-corrected chi connectivity index (χ1v) is 12.0. The monoisotopic (exact) mass is 435 g/mol. The number of aryl methyl sites for hydroxylation is 1. The van der Waals surface area contributed by atoms with Crippen molar-refractivity contribution in [3.05, 3.63) is 59.9 Å². The third kappa shape index (κ3) is 6.59. The first-order valence-electron chi connectivity index (χ1n) is 12.0. The lowest BCUT2D eigenvalue weighted by Crippen LogP contribution is -2.23. The van der Waals surface area contributed by atoms with E-state index in [0.29, 0.717) is 18.9 Å². The molecule has 0 unspecified atom stereocenters. The van der Waals surface area contributed by atoms with Crippen molar-refractivity contribution in [2.75, 3.05) is 13.2 Å². The van der Waals surface area contributed by atoms with E-state index in [2.05, 4.69) is 60.1 Å². The summed E-state index contributed by atoms with van der Waals surface area (Å²) in [4.78, 5) is 16.5. The summed E-state index contributed by atoms with van der Waals surface area (Å²) >= 11 is 0. The van der Waals surface area contributed by atoms with Crippen LogP contribution in [0.1, 0.15) is 70.2 Å². The fourth-order valence-electron chi connectivity index (χ4n) is 4.03. The van der Waals surface area contributed by atoms with Gasteiger partial charge in [0.15, 0.2) is 0 Å². The van der Waals surface area contributed by atoms with Crippen molar-refractivity contribution in [3.8, 4) is 5.75 Å². The quantitative estimate of drug-likeness (QED) is 0.342. The summed E-state index contributed by atoms with van der Waals surface area (Å²) in [6.07, 6.45) is 5.59. The zero-order valence-electron chi connectivity index (χ0n) is 19.8. The number of nitrogens with one attached hydrogen (secondary N) is 1. The van der Waals surface area contributed by atoms with Gasteiger partial charge in [-0.3, -0.25) is 4.79 Å². The van der Waals surface area contributed by atoms with Gasteiger partial charge in [-0.15, -0.1) is 0 Å². The number of benzene rings is 2. The zero-order valence-corrected chi connectivity index (χ0v) is 19.8. The Kier molecular flexibility index (Phi) is 9.14. The second-order valence-corrected chi connectivity index (χ2v) is 8.62. The minimum Gasteiger partial charge on any atom is -0.491 e. The number of rotatable bonds is 13. The molecule has 0 saturated heterocycles. The number of carbonyl (C=O) groups is 1. The highest BCUT2D eigenvalue weighted by molar-refractivity contribution is 5.76. The Morgan fingerprint density at radius 1 is 1.06 bits per heavy atom. The summed E-state index contributed by atoms with van der Waals surface area (Å²) < 4.78 is 8.49. The third-order valence-electron chi connectivity index (χ3n) is 5.72. The highest BCUT2D eigenvalue weighted by Gasteiger charge is 2.12. The largest absolute Gasteiger partial charge is 0.491 e. The van der Waals surface area contributed by atoms with Crippen LogP contribution in [0.4, 0.5) is 0 Å². The lowest BCUT2D eigenvalue weighted by Gasteiger charge is -2.15. The van der Waals surface area contributed by atoms with Gasteiger partial charge in [-0.2, -0.15) is 0 Å². The Balaban J connectivity index is 1.57. The van der Waals surface area contributed by atoms with Gasteiger partial charge < -0.3 is 14.6 Å². The summed E-state index contributed by atoms with van der Waals surface area (Å²) in [5.74, 6) is 2.68. The normalized spacial score (nSPS) is 11.2. The fraction of sp³-hybridized carbons (Fsp3) is 0.481. The number of hydrogen-bond acceptors (Lipinski definition) is 3. The SMILES string of the molecule is CCCC(=O)NCCCCCc1nc2ccccc2n1CCOc1ccccc1C(C)C. The minimum atomic E-state index is 0.160. The molecule has 5 nitrogen and oxygen atoms in total. The van der Waals surface area contributed by atoms with E-state index >= 15 is 0 Å². The smallest absolute Gasteiger partial charge is 0.219 e. The van der Waals surface area contributed by atoms with E-state index in [0.717, 1.165) is 67.8 Å². The van der Waals surface area contributed by atoms with Crippen molar-refractivity contribution < 1.29 is 9.53 Å². The number of nitrogens with zero attached hydrogens (tertiary/aromatic N) is 2. The number of ether oxygens (including phenoxy) is 1. The van der Waals surface area contributed by atoms with Gasteiger partial charge in [0.2, 0.25) is 5.91 Å². The van der Waals surface area contributed by atoms with E-state index in [9.17, 15) is 4.79 Å². The van der Waals surface area contributed by atoms with Gasteiger partial charge in [0.1, 0.15) is 18.2 Å². The molecule has 172 valence electrons. The van der Waals surface area contributed by atoms with Crippen molar-refractivity contribution in [3.63, 3.8) is 0 Å². The number of para-hydroxylation sites is 3. The molecule has 32 heavy (non-hydrogen) atoms. The number of carbonyl (C=O) groups excluding carboxylic acids is 1. The summed E-state index contributed by atoms with van der Waals surface area (Å²) in [5.41, 5.74) is 3.45. The summed E-state index contributed by atoms with van der Waals surface area (Å²) in [7, 11) is 0. The predicted molar refractivity (Wildman–Crippen MR) is 131 cm³/mol. The van der Waals surface area contributed by atoms with Crippen LogP contribution in [-0.4, -0.2) is 28.6 Å². The van der Waals surface area contributed by atoms with E-state index in [1.165, 1.54) is 5.56 Å². The van der Waals surface area contributed by atoms with E-state index in [4.69, 9.17) is 9.72 Å². The Bertz CT molecular complexity index is 993. The van der Waals surface area contributed by atoms with Crippen LogP contribution in [-0.2, 0) is 17.8 Å². The molecule has 2 aromatic carbocycles. The first-order chi connectivity index (χ1) is 15.6. The number of fused-ring (bicyclic) bond motifs is 1. The molecule has 1 N–H and O–H groups in total. The summed E-state index contributed by atoms with van der Waals surface area (Å²) in [5, 5.41) is 2.99. The topological polar surface area (TPSA) is 56.2 Å². The molecule has 1 heterocycles. The van der Waals surface area contributed by atoms with Gasteiger partial charge in [0.05, 0.1) is 17.6 Å². The van der Waals surface area contributed by atoms with Crippen molar-refractivity contribution in [1.82, 2.24) is 14.9 Å². The first kappa shape index (κ1) is 23.8. The maximum absolute atomic E-state index is 11.6. The van der Waals surface area contributed by atoms with Gasteiger partial charge in [0.25, 0.3) is 0 Å².